The van der Waals surface area contributed by atoms with Gasteiger partial charge in [-0.25, -0.2) is 4.79 Å². The molecule has 2 N–H and O–H groups in total. The van der Waals surface area contributed by atoms with E-state index in [1.807, 2.05) is 54.6 Å². The van der Waals surface area contributed by atoms with Crippen molar-refractivity contribution in [1.29, 1.82) is 0 Å². The van der Waals surface area contributed by atoms with Crippen LogP contribution in [0, 0.1) is 0 Å². The van der Waals surface area contributed by atoms with E-state index < -0.39 is 0 Å². The lowest BCUT2D eigenvalue weighted by Crippen LogP contribution is -2.32. The van der Waals surface area contributed by atoms with Gasteiger partial charge in [0, 0.05) is 16.1 Å². The number of amides is 2. The lowest BCUT2D eigenvalue weighted by atomic mass is 10.2. The fourth-order valence-electron chi connectivity index (χ4n) is 2.24. The number of pyridine rings is 1. The van der Waals surface area contributed by atoms with E-state index in [2.05, 4.69) is 31.5 Å². The summed E-state index contributed by atoms with van der Waals surface area (Å²) in [5.41, 5.74) is 1.45. The first kappa shape index (κ1) is 16.3. The summed E-state index contributed by atoms with van der Waals surface area (Å²) in [6, 6.07) is 16.8. The Kier molecular flexibility index (Phi) is 5.28. The molecule has 3 aromatic rings. The van der Waals surface area contributed by atoms with Crippen LogP contribution in [0.4, 0.5) is 10.5 Å². The van der Waals surface area contributed by atoms with Crippen molar-refractivity contribution in [3.8, 4) is 5.75 Å². The molecule has 0 aliphatic carbocycles. The molecule has 0 saturated carbocycles. The Labute approximate surface area is 148 Å². The van der Waals surface area contributed by atoms with Crippen molar-refractivity contribution in [1.82, 2.24) is 10.3 Å². The Balaban J connectivity index is 1.49. The van der Waals surface area contributed by atoms with Crippen LogP contribution in [0.2, 0.25) is 0 Å². The molecule has 0 atom stereocenters. The quantitative estimate of drug-likeness (QED) is 0.646. The van der Waals surface area contributed by atoms with E-state index in [9.17, 15) is 4.79 Å². The van der Waals surface area contributed by atoms with E-state index in [1.54, 1.807) is 6.20 Å². The number of fused-ring (bicyclic) bond motifs is 1. The number of para-hydroxylation sites is 1. The van der Waals surface area contributed by atoms with Crippen LogP contribution in [0.1, 0.15) is 0 Å². The number of ether oxygens (including phenoxy) is 1. The minimum absolute atomic E-state index is 0.285. The van der Waals surface area contributed by atoms with Crippen LogP contribution in [-0.4, -0.2) is 24.2 Å². The van der Waals surface area contributed by atoms with Gasteiger partial charge in [-0.3, -0.25) is 4.98 Å². The van der Waals surface area contributed by atoms with E-state index in [-0.39, 0.29) is 6.03 Å². The second-order valence-corrected chi connectivity index (χ2v) is 5.98. The number of nitrogens with zero attached hydrogens (tertiary/aromatic N) is 1. The molecule has 2 aromatic carbocycles. The first-order valence-corrected chi connectivity index (χ1v) is 8.28. The molecule has 3 rings (SSSR count). The van der Waals surface area contributed by atoms with Crippen LogP contribution in [0.3, 0.4) is 0 Å². The molecular formula is C18H16BrN3O2. The molecule has 0 saturated heterocycles. The van der Waals surface area contributed by atoms with E-state index in [1.165, 1.54) is 0 Å². The summed E-state index contributed by atoms with van der Waals surface area (Å²) in [7, 11) is 0. The van der Waals surface area contributed by atoms with E-state index in [4.69, 9.17) is 4.74 Å². The van der Waals surface area contributed by atoms with Crippen molar-refractivity contribution in [2.24, 2.45) is 0 Å². The molecule has 0 aliphatic rings. The summed E-state index contributed by atoms with van der Waals surface area (Å²) < 4.78 is 6.55. The average molecular weight is 386 g/mol. The molecule has 1 heterocycles. The minimum atomic E-state index is -0.285. The highest BCUT2D eigenvalue weighted by molar-refractivity contribution is 9.10. The second-order valence-electron chi connectivity index (χ2n) is 5.06. The molecule has 5 nitrogen and oxygen atoms in total. The number of hydrogen-bond donors (Lipinski definition) is 2. The van der Waals surface area contributed by atoms with Crippen molar-refractivity contribution in [2.45, 2.75) is 0 Å². The summed E-state index contributed by atoms with van der Waals surface area (Å²) in [5.74, 6) is 0.763. The van der Waals surface area contributed by atoms with Crippen LogP contribution in [0.25, 0.3) is 10.9 Å². The van der Waals surface area contributed by atoms with Gasteiger partial charge in [0.25, 0.3) is 0 Å². The highest BCUT2D eigenvalue weighted by Gasteiger charge is 2.05. The molecule has 0 radical (unpaired) electrons. The first-order chi connectivity index (χ1) is 11.7. The van der Waals surface area contributed by atoms with Crippen molar-refractivity contribution < 1.29 is 9.53 Å². The van der Waals surface area contributed by atoms with E-state index in [0.29, 0.717) is 18.8 Å². The third-order valence-corrected chi connectivity index (χ3v) is 3.88. The van der Waals surface area contributed by atoms with Gasteiger partial charge in [0.05, 0.1) is 17.7 Å². The fraction of sp³-hybridized carbons (Fsp3) is 0.111. The zero-order valence-corrected chi connectivity index (χ0v) is 14.4. The Morgan fingerprint density at radius 3 is 2.71 bits per heavy atom. The SMILES string of the molecule is O=C(NCCOc1ccc(Br)cc1)Nc1cccc2cccnc12. The monoisotopic (exact) mass is 385 g/mol. The number of carbonyl (C=O) groups is 1. The molecule has 24 heavy (non-hydrogen) atoms. The summed E-state index contributed by atoms with van der Waals surface area (Å²) in [6.07, 6.45) is 1.71. The Bertz CT molecular complexity index is 832. The number of anilines is 1. The Morgan fingerprint density at radius 2 is 1.88 bits per heavy atom. The highest BCUT2D eigenvalue weighted by Crippen LogP contribution is 2.20. The summed E-state index contributed by atoms with van der Waals surface area (Å²) in [5, 5.41) is 6.56. The van der Waals surface area contributed by atoms with Crippen molar-refractivity contribution in [3.63, 3.8) is 0 Å². The van der Waals surface area contributed by atoms with Crippen LogP contribution in [0.15, 0.2) is 65.3 Å². The molecule has 0 fully saturated rings. The summed E-state index contributed by atoms with van der Waals surface area (Å²) in [6.45, 7) is 0.795. The summed E-state index contributed by atoms with van der Waals surface area (Å²) >= 11 is 3.37. The molecule has 0 bridgehead atoms. The minimum Gasteiger partial charge on any atom is -0.492 e. The zero-order chi connectivity index (χ0) is 16.8. The highest BCUT2D eigenvalue weighted by atomic mass is 79.9. The van der Waals surface area contributed by atoms with E-state index >= 15 is 0 Å². The lowest BCUT2D eigenvalue weighted by molar-refractivity contribution is 0.247. The van der Waals surface area contributed by atoms with Crippen LogP contribution >= 0.6 is 15.9 Å². The molecular weight excluding hydrogens is 370 g/mol. The second kappa shape index (κ2) is 7.79. The zero-order valence-electron chi connectivity index (χ0n) is 12.8. The van der Waals surface area contributed by atoms with Crippen LogP contribution < -0.4 is 15.4 Å². The van der Waals surface area contributed by atoms with Gasteiger partial charge in [-0.2, -0.15) is 0 Å². The summed E-state index contributed by atoms with van der Waals surface area (Å²) in [4.78, 5) is 16.3. The van der Waals surface area contributed by atoms with E-state index in [0.717, 1.165) is 21.1 Å². The predicted molar refractivity (Wildman–Crippen MR) is 98.4 cm³/mol. The van der Waals surface area contributed by atoms with Crippen molar-refractivity contribution >= 4 is 38.6 Å². The average Bonchev–Trinajstić information content (AvgIpc) is 2.61. The van der Waals surface area contributed by atoms with Gasteiger partial charge in [0.1, 0.15) is 12.4 Å². The van der Waals surface area contributed by atoms with Gasteiger partial charge >= 0.3 is 6.03 Å². The fourth-order valence-corrected chi connectivity index (χ4v) is 2.50. The van der Waals surface area contributed by atoms with Gasteiger partial charge in [0.2, 0.25) is 0 Å². The number of aromatic nitrogens is 1. The predicted octanol–water partition coefficient (Wildman–Crippen LogP) is 4.20. The topological polar surface area (TPSA) is 63.2 Å². The van der Waals surface area contributed by atoms with Gasteiger partial charge in [-0.1, -0.05) is 34.1 Å². The Morgan fingerprint density at radius 1 is 1.08 bits per heavy atom. The van der Waals surface area contributed by atoms with Gasteiger partial charge in [-0.05, 0) is 36.4 Å². The molecule has 0 aliphatic heterocycles. The first-order valence-electron chi connectivity index (χ1n) is 7.49. The number of hydrogen-bond acceptors (Lipinski definition) is 3. The number of carbonyl (C=O) groups excluding carboxylic acids is 1. The van der Waals surface area contributed by atoms with Crippen molar-refractivity contribution in [2.75, 3.05) is 18.5 Å². The molecule has 0 spiro atoms. The smallest absolute Gasteiger partial charge is 0.319 e. The number of halogens is 1. The normalized spacial score (nSPS) is 10.4. The maximum absolute atomic E-state index is 12.0. The third-order valence-electron chi connectivity index (χ3n) is 3.35. The van der Waals surface area contributed by atoms with Crippen molar-refractivity contribution in [3.05, 3.63) is 65.3 Å². The maximum Gasteiger partial charge on any atom is 0.319 e. The number of urea groups is 1. The Hall–Kier alpha value is -2.60. The van der Waals surface area contributed by atoms with Gasteiger partial charge in [0.15, 0.2) is 0 Å². The standard InChI is InChI=1S/C18H16BrN3O2/c19-14-6-8-15(9-7-14)24-12-11-21-18(23)22-16-5-1-3-13-4-2-10-20-17(13)16/h1-10H,11-12H2,(H2,21,22,23). The molecule has 0 unspecified atom stereocenters. The van der Waals surface area contributed by atoms with Crippen LogP contribution in [-0.2, 0) is 0 Å². The van der Waals surface area contributed by atoms with Gasteiger partial charge in [-0.15, -0.1) is 0 Å². The van der Waals surface area contributed by atoms with Gasteiger partial charge < -0.3 is 15.4 Å². The molecule has 6 heteroatoms. The number of rotatable bonds is 5. The number of benzene rings is 2. The maximum atomic E-state index is 12.0. The van der Waals surface area contributed by atoms with Crippen LogP contribution in [0.5, 0.6) is 5.75 Å². The largest absolute Gasteiger partial charge is 0.492 e. The third kappa shape index (κ3) is 4.23. The lowest BCUT2D eigenvalue weighted by Gasteiger charge is -2.10. The number of nitrogens with one attached hydrogen (secondary N) is 2. The molecule has 2 amide bonds. The molecule has 122 valence electrons. The molecule has 1 aromatic heterocycles.